The fourth-order valence-electron chi connectivity index (χ4n) is 1.08. The highest BCUT2D eigenvalue weighted by molar-refractivity contribution is 7.93. The van der Waals surface area contributed by atoms with Gasteiger partial charge in [-0.3, -0.25) is 0 Å². The quantitative estimate of drug-likeness (QED) is 0.857. The molecule has 0 atom stereocenters. The fourth-order valence-corrected chi connectivity index (χ4v) is 4.04. The standard InChI is InChI=1S/C9H15NO2S2/c1-9(2,6-10)7-14(11,12)8-4-3-5-13-8/h3-5H,6-7,10H2,1-2H3. The summed E-state index contributed by atoms with van der Waals surface area (Å²) < 4.78 is 24.1. The van der Waals surface area contributed by atoms with Crippen LogP contribution in [0.15, 0.2) is 21.7 Å². The molecule has 0 aliphatic rings. The Morgan fingerprint density at radius 1 is 1.50 bits per heavy atom. The second-order valence-corrected chi connectivity index (χ2v) is 7.22. The van der Waals surface area contributed by atoms with Crippen LogP contribution in [0.3, 0.4) is 0 Å². The van der Waals surface area contributed by atoms with Crippen LogP contribution in [0.2, 0.25) is 0 Å². The van der Waals surface area contributed by atoms with Crippen molar-refractivity contribution in [1.82, 2.24) is 0 Å². The summed E-state index contributed by atoms with van der Waals surface area (Å²) in [5.74, 6) is 0.108. The highest BCUT2D eigenvalue weighted by Crippen LogP contribution is 2.24. The van der Waals surface area contributed by atoms with Gasteiger partial charge in [-0.05, 0) is 23.4 Å². The Labute approximate surface area is 88.9 Å². The summed E-state index contributed by atoms with van der Waals surface area (Å²) >= 11 is 1.25. The first-order valence-corrected chi connectivity index (χ1v) is 6.87. The monoisotopic (exact) mass is 233 g/mol. The van der Waals surface area contributed by atoms with Crippen molar-refractivity contribution in [2.45, 2.75) is 18.1 Å². The van der Waals surface area contributed by atoms with Gasteiger partial charge in [0.05, 0.1) is 5.75 Å². The molecule has 0 aliphatic carbocycles. The molecule has 1 rings (SSSR count). The highest BCUT2D eigenvalue weighted by Gasteiger charge is 2.26. The lowest BCUT2D eigenvalue weighted by Crippen LogP contribution is -2.31. The molecule has 80 valence electrons. The third-order valence-corrected chi connectivity index (χ3v) is 5.56. The molecule has 0 spiro atoms. The number of nitrogens with two attached hydrogens (primary N) is 1. The third-order valence-electron chi connectivity index (χ3n) is 1.93. The van der Waals surface area contributed by atoms with Crippen molar-refractivity contribution in [1.29, 1.82) is 0 Å². The molecule has 1 heterocycles. The lowest BCUT2D eigenvalue weighted by molar-refractivity contribution is 0.425. The van der Waals surface area contributed by atoms with Gasteiger partial charge < -0.3 is 5.73 Å². The highest BCUT2D eigenvalue weighted by atomic mass is 32.2. The maximum absolute atomic E-state index is 11.8. The van der Waals surface area contributed by atoms with E-state index in [-0.39, 0.29) is 11.2 Å². The maximum atomic E-state index is 11.8. The van der Waals surface area contributed by atoms with E-state index in [0.29, 0.717) is 10.8 Å². The Bertz CT molecular complexity index is 379. The van der Waals surface area contributed by atoms with Gasteiger partial charge >= 0.3 is 0 Å². The molecule has 14 heavy (non-hydrogen) atoms. The molecule has 0 saturated heterocycles. The number of sulfone groups is 1. The van der Waals surface area contributed by atoms with Crippen LogP contribution in [-0.2, 0) is 9.84 Å². The first-order valence-electron chi connectivity index (χ1n) is 4.34. The normalized spacial score (nSPS) is 13.1. The summed E-state index contributed by atoms with van der Waals surface area (Å²) in [6, 6.07) is 3.37. The van der Waals surface area contributed by atoms with Crippen LogP contribution in [0.5, 0.6) is 0 Å². The Balaban J connectivity index is 2.89. The summed E-state index contributed by atoms with van der Waals surface area (Å²) in [5.41, 5.74) is 5.15. The van der Waals surface area contributed by atoms with Crippen LogP contribution in [0.1, 0.15) is 13.8 Å². The molecule has 0 amide bonds. The lowest BCUT2D eigenvalue weighted by Gasteiger charge is -2.21. The zero-order chi connectivity index (χ0) is 10.8. The van der Waals surface area contributed by atoms with Gasteiger partial charge in [0, 0.05) is 0 Å². The molecule has 1 aromatic heterocycles. The number of rotatable bonds is 4. The number of hydrogen-bond donors (Lipinski definition) is 1. The first-order chi connectivity index (χ1) is 6.37. The van der Waals surface area contributed by atoms with Gasteiger partial charge in [0.2, 0.25) is 0 Å². The lowest BCUT2D eigenvalue weighted by atomic mass is 9.97. The predicted octanol–water partition coefficient (Wildman–Crippen LogP) is 1.51. The molecular formula is C9H15NO2S2. The SMILES string of the molecule is CC(C)(CN)CS(=O)(=O)c1cccs1. The Hall–Kier alpha value is -0.390. The van der Waals surface area contributed by atoms with Gasteiger partial charge in [-0.15, -0.1) is 11.3 Å². The van der Waals surface area contributed by atoms with E-state index in [1.54, 1.807) is 17.5 Å². The summed E-state index contributed by atoms with van der Waals surface area (Å²) in [4.78, 5) is 0. The van der Waals surface area contributed by atoms with Crippen molar-refractivity contribution >= 4 is 21.2 Å². The largest absolute Gasteiger partial charge is 0.330 e. The zero-order valence-corrected chi connectivity index (χ0v) is 9.99. The van der Waals surface area contributed by atoms with Gasteiger partial charge in [-0.25, -0.2) is 8.42 Å². The van der Waals surface area contributed by atoms with Crippen LogP contribution >= 0.6 is 11.3 Å². The van der Waals surface area contributed by atoms with Gasteiger partial charge in [-0.2, -0.15) is 0 Å². The van der Waals surface area contributed by atoms with E-state index in [1.807, 2.05) is 13.8 Å². The molecule has 2 N–H and O–H groups in total. The molecule has 0 aliphatic heterocycles. The van der Waals surface area contributed by atoms with E-state index in [1.165, 1.54) is 11.3 Å². The summed E-state index contributed by atoms with van der Waals surface area (Å²) in [6.45, 7) is 4.09. The van der Waals surface area contributed by atoms with Crippen molar-refractivity contribution in [2.24, 2.45) is 11.1 Å². The third kappa shape index (κ3) is 2.80. The Kier molecular flexibility index (Phi) is 3.34. The average Bonchev–Trinajstić information content (AvgIpc) is 2.54. The van der Waals surface area contributed by atoms with Crippen LogP contribution < -0.4 is 5.73 Å². The van der Waals surface area contributed by atoms with Gasteiger partial charge in [0.25, 0.3) is 0 Å². The summed E-state index contributed by atoms with van der Waals surface area (Å²) in [7, 11) is -3.15. The van der Waals surface area contributed by atoms with Gasteiger partial charge in [0.1, 0.15) is 4.21 Å². The Morgan fingerprint density at radius 2 is 2.14 bits per heavy atom. The van der Waals surface area contributed by atoms with Crippen molar-refractivity contribution in [3.8, 4) is 0 Å². The van der Waals surface area contributed by atoms with Crippen molar-refractivity contribution in [3.05, 3.63) is 17.5 Å². The zero-order valence-electron chi connectivity index (χ0n) is 8.36. The minimum atomic E-state index is -3.15. The summed E-state index contributed by atoms with van der Waals surface area (Å²) in [6.07, 6.45) is 0. The van der Waals surface area contributed by atoms with Crippen molar-refractivity contribution < 1.29 is 8.42 Å². The van der Waals surface area contributed by atoms with E-state index in [0.717, 1.165) is 0 Å². The predicted molar refractivity (Wildman–Crippen MR) is 59.2 cm³/mol. The Morgan fingerprint density at radius 3 is 2.57 bits per heavy atom. The van der Waals surface area contributed by atoms with Crippen LogP contribution in [0.4, 0.5) is 0 Å². The molecule has 3 nitrogen and oxygen atoms in total. The first kappa shape index (κ1) is 11.7. The molecule has 0 aromatic carbocycles. The van der Waals surface area contributed by atoms with Gasteiger partial charge in [0.15, 0.2) is 9.84 Å². The van der Waals surface area contributed by atoms with Crippen LogP contribution in [0.25, 0.3) is 0 Å². The van der Waals surface area contributed by atoms with Crippen molar-refractivity contribution in [3.63, 3.8) is 0 Å². The minimum Gasteiger partial charge on any atom is -0.330 e. The fraction of sp³-hybridized carbons (Fsp3) is 0.556. The second kappa shape index (κ2) is 4.00. The average molecular weight is 233 g/mol. The van der Waals surface area contributed by atoms with Gasteiger partial charge in [-0.1, -0.05) is 19.9 Å². The second-order valence-electron chi connectivity index (χ2n) is 4.06. The molecule has 0 bridgehead atoms. The molecular weight excluding hydrogens is 218 g/mol. The molecule has 0 fully saturated rings. The van der Waals surface area contributed by atoms with E-state index in [9.17, 15) is 8.42 Å². The topological polar surface area (TPSA) is 60.2 Å². The van der Waals surface area contributed by atoms with E-state index >= 15 is 0 Å². The minimum absolute atomic E-state index is 0.108. The number of thiophene rings is 1. The number of hydrogen-bond acceptors (Lipinski definition) is 4. The van der Waals surface area contributed by atoms with Crippen LogP contribution in [-0.4, -0.2) is 20.7 Å². The molecule has 0 radical (unpaired) electrons. The van der Waals surface area contributed by atoms with Crippen LogP contribution in [0, 0.1) is 5.41 Å². The molecule has 5 heteroatoms. The van der Waals surface area contributed by atoms with E-state index in [2.05, 4.69) is 0 Å². The van der Waals surface area contributed by atoms with E-state index < -0.39 is 9.84 Å². The molecule has 0 saturated carbocycles. The maximum Gasteiger partial charge on any atom is 0.188 e. The molecule has 0 unspecified atom stereocenters. The van der Waals surface area contributed by atoms with E-state index in [4.69, 9.17) is 5.73 Å². The van der Waals surface area contributed by atoms with Crippen molar-refractivity contribution in [2.75, 3.05) is 12.3 Å². The molecule has 1 aromatic rings. The summed E-state index contributed by atoms with van der Waals surface area (Å²) in [5, 5.41) is 1.77. The smallest absolute Gasteiger partial charge is 0.188 e.